The summed E-state index contributed by atoms with van der Waals surface area (Å²) in [5.41, 5.74) is 4.45. The molecule has 0 unspecified atom stereocenters. The molecule has 2 heteroatoms. The molecule has 2 aromatic heterocycles. The molecule has 2 aromatic carbocycles. The van der Waals surface area contributed by atoms with Crippen molar-refractivity contribution in [1.29, 1.82) is 0 Å². The van der Waals surface area contributed by atoms with Gasteiger partial charge in [-0.2, -0.15) is 0 Å². The number of rotatable bonds is 0. The van der Waals surface area contributed by atoms with Gasteiger partial charge in [-0.3, -0.25) is 0 Å². The van der Waals surface area contributed by atoms with Gasteiger partial charge < -0.3 is 8.83 Å². The van der Waals surface area contributed by atoms with Crippen LogP contribution in [-0.2, 0) is 0 Å². The third-order valence-corrected chi connectivity index (χ3v) is 3.22. The van der Waals surface area contributed by atoms with Gasteiger partial charge in [0.05, 0.1) is 12.5 Å². The summed E-state index contributed by atoms with van der Waals surface area (Å²) in [6.07, 6.45) is 3.42. The normalized spacial score (nSPS) is 10.5. The predicted octanol–water partition coefficient (Wildman–Crippen LogP) is 5.48. The molecular formula is C18H16O2. The van der Waals surface area contributed by atoms with Gasteiger partial charge in [0.25, 0.3) is 0 Å². The fourth-order valence-electron chi connectivity index (χ4n) is 2.15. The molecule has 2 heterocycles. The van der Waals surface area contributed by atoms with E-state index >= 15 is 0 Å². The van der Waals surface area contributed by atoms with Gasteiger partial charge in [0.2, 0.25) is 0 Å². The molecule has 0 atom stereocenters. The average Bonchev–Trinajstić information content (AvgIpc) is 3.06. The van der Waals surface area contributed by atoms with Crippen molar-refractivity contribution < 1.29 is 8.83 Å². The van der Waals surface area contributed by atoms with Crippen molar-refractivity contribution in [2.75, 3.05) is 0 Å². The van der Waals surface area contributed by atoms with Crippen molar-refractivity contribution in [1.82, 2.24) is 0 Å². The van der Waals surface area contributed by atoms with Gasteiger partial charge in [-0.05, 0) is 49.7 Å². The Balaban J connectivity index is 0.000000121. The number of fused-ring (bicyclic) bond motifs is 2. The van der Waals surface area contributed by atoms with Crippen molar-refractivity contribution in [3.63, 3.8) is 0 Å². The lowest BCUT2D eigenvalue weighted by Gasteiger charge is -1.89. The summed E-state index contributed by atoms with van der Waals surface area (Å²) in [4.78, 5) is 0. The number of hydrogen-bond donors (Lipinski definition) is 0. The first kappa shape index (κ1) is 12.5. The number of benzene rings is 2. The Kier molecular flexibility index (Phi) is 3.30. The Morgan fingerprint density at radius 2 is 1.25 bits per heavy atom. The highest BCUT2D eigenvalue weighted by Gasteiger charge is 1.94. The molecule has 20 heavy (non-hydrogen) atoms. The maximum atomic E-state index is 5.20. The molecule has 4 rings (SSSR count). The monoisotopic (exact) mass is 264 g/mol. The van der Waals surface area contributed by atoms with E-state index in [0.29, 0.717) is 0 Å². The van der Waals surface area contributed by atoms with E-state index < -0.39 is 0 Å². The topological polar surface area (TPSA) is 26.3 Å². The van der Waals surface area contributed by atoms with Gasteiger partial charge in [0.15, 0.2) is 0 Å². The van der Waals surface area contributed by atoms with Gasteiger partial charge in [-0.1, -0.05) is 23.8 Å². The third kappa shape index (κ3) is 2.59. The fraction of sp³-hybridized carbons (Fsp3) is 0.111. The van der Waals surface area contributed by atoms with Gasteiger partial charge in [-0.25, -0.2) is 0 Å². The minimum absolute atomic E-state index is 0.964. The highest BCUT2D eigenvalue weighted by atomic mass is 16.3. The minimum atomic E-state index is 0.964. The van der Waals surface area contributed by atoms with Crippen molar-refractivity contribution >= 4 is 21.9 Å². The maximum Gasteiger partial charge on any atom is 0.134 e. The summed E-state index contributed by atoms with van der Waals surface area (Å²) >= 11 is 0. The lowest BCUT2D eigenvalue weighted by atomic mass is 10.2. The first-order valence-corrected chi connectivity index (χ1v) is 6.60. The molecule has 0 N–H and O–H groups in total. The van der Waals surface area contributed by atoms with Crippen LogP contribution in [0.5, 0.6) is 0 Å². The van der Waals surface area contributed by atoms with Gasteiger partial charge in [0.1, 0.15) is 11.2 Å². The lowest BCUT2D eigenvalue weighted by molar-refractivity contribution is 0.615. The number of hydrogen-bond acceptors (Lipinski definition) is 2. The lowest BCUT2D eigenvalue weighted by Crippen LogP contribution is -1.67. The molecule has 0 spiro atoms. The predicted molar refractivity (Wildman–Crippen MR) is 81.9 cm³/mol. The van der Waals surface area contributed by atoms with Gasteiger partial charge >= 0.3 is 0 Å². The molecule has 0 saturated heterocycles. The zero-order valence-corrected chi connectivity index (χ0v) is 11.6. The van der Waals surface area contributed by atoms with Crippen LogP contribution in [0.25, 0.3) is 21.9 Å². The molecular weight excluding hydrogens is 248 g/mol. The SMILES string of the molecule is Cc1ccc2ccoc2c1.Cc1ccc2occc2c1. The van der Waals surface area contributed by atoms with Crippen molar-refractivity contribution in [3.8, 4) is 0 Å². The second kappa shape index (κ2) is 5.25. The molecule has 0 aliphatic heterocycles. The van der Waals surface area contributed by atoms with E-state index in [0.717, 1.165) is 11.2 Å². The van der Waals surface area contributed by atoms with Crippen molar-refractivity contribution in [2.24, 2.45) is 0 Å². The Bertz CT molecular complexity index is 765. The summed E-state index contributed by atoms with van der Waals surface area (Å²) in [6, 6.07) is 16.3. The molecule has 2 nitrogen and oxygen atoms in total. The Morgan fingerprint density at radius 1 is 0.600 bits per heavy atom. The Hall–Kier alpha value is -2.48. The van der Waals surface area contributed by atoms with E-state index in [-0.39, 0.29) is 0 Å². The largest absolute Gasteiger partial charge is 0.464 e. The van der Waals surface area contributed by atoms with Crippen LogP contribution in [0, 0.1) is 13.8 Å². The zero-order valence-electron chi connectivity index (χ0n) is 11.6. The molecule has 0 saturated carbocycles. The molecule has 0 aliphatic carbocycles. The van der Waals surface area contributed by atoms with Crippen LogP contribution >= 0.6 is 0 Å². The van der Waals surface area contributed by atoms with E-state index in [9.17, 15) is 0 Å². The first-order chi connectivity index (χ1) is 9.72. The maximum absolute atomic E-state index is 5.20. The molecule has 0 amide bonds. The van der Waals surface area contributed by atoms with Crippen LogP contribution < -0.4 is 0 Å². The second-order valence-electron chi connectivity index (χ2n) is 4.92. The fourth-order valence-corrected chi connectivity index (χ4v) is 2.15. The zero-order chi connectivity index (χ0) is 13.9. The summed E-state index contributed by atoms with van der Waals surface area (Å²) in [6.45, 7) is 4.13. The van der Waals surface area contributed by atoms with E-state index in [2.05, 4.69) is 32.0 Å². The number of furan rings is 2. The van der Waals surface area contributed by atoms with Gasteiger partial charge in [0, 0.05) is 10.8 Å². The average molecular weight is 264 g/mol. The Labute approximate surface area is 117 Å². The van der Waals surface area contributed by atoms with E-state index in [1.807, 2.05) is 30.3 Å². The third-order valence-electron chi connectivity index (χ3n) is 3.22. The van der Waals surface area contributed by atoms with E-state index in [4.69, 9.17) is 8.83 Å². The summed E-state index contributed by atoms with van der Waals surface area (Å²) in [5, 5.41) is 2.35. The standard InChI is InChI=1S/2C9H8O/c1-7-2-3-9-8(6-7)4-5-10-9;1-7-2-3-8-4-5-10-9(8)6-7/h2*2-6H,1H3. The molecule has 4 aromatic rings. The van der Waals surface area contributed by atoms with E-state index in [1.165, 1.54) is 21.9 Å². The first-order valence-electron chi connectivity index (χ1n) is 6.60. The minimum Gasteiger partial charge on any atom is -0.464 e. The highest BCUT2D eigenvalue weighted by Crippen LogP contribution is 2.16. The van der Waals surface area contributed by atoms with Crippen molar-refractivity contribution in [3.05, 3.63) is 72.2 Å². The van der Waals surface area contributed by atoms with E-state index in [1.54, 1.807) is 12.5 Å². The van der Waals surface area contributed by atoms with Crippen LogP contribution in [-0.4, -0.2) is 0 Å². The molecule has 0 bridgehead atoms. The number of aryl methyl sites for hydroxylation is 2. The summed E-state index contributed by atoms with van der Waals surface area (Å²) < 4.78 is 10.4. The van der Waals surface area contributed by atoms with Gasteiger partial charge in [-0.15, -0.1) is 0 Å². The Morgan fingerprint density at radius 3 is 2.10 bits per heavy atom. The molecule has 100 valence electrons. The molecule has 0 radical (unpaired) electrons. The van der Waals surface area contributed by atoms with Crippen LogP contribution in [0.4, 0.5) is 0 Å². The highest BCUT2D eigenvalue weighted by molar-refractivity contribution is 5.78. The summed E-state index contributed by atoms with van der Waals surface area (Å²) in [7, 11) is 0. The van der Waals surface area contributed by atoms with Crippen LogP contribution in [0.15, 0.2) is 69.9 Å². The summed E-state index contributed by atoms with van der Waals surface area (Å²) in [5.74, 6) is 0. The molecule has 0 aliphatic rings. The smallest absolute Gasteiger partial charge is 0.134 e. The van der Waals surface area contributed by atoms with Crippen LogP contribution in [0.3, 0.4) is 0 Å². The quantitative estimate of drug-likeness (QED) is 0.420. The molecule has 0 fully saturated rings. The van der Waals surface area contributed by atoms with Crippen LogP contribution in [0.1, 0.15) is 11.1 Å². The van der Waals surface area contributed by atoms with Crippen molar-refractivity contribution in [2.45, 2.75) is 13.8 Å². The van der Waals surface area contributed by atoms with Crippen LogP contribution in [0.2, 0.25) is 0 Å². The second-order valence-corrected chi connectivity index (χ2v) is 4.92.